The molecule has 0 aliphatic heterocycles. The van der Waals surface area contributed by atoms with Gasteiger partial charge in [-0.3, -0.25) is 4.79 Å². The number of hydrogen-bond donors (Lipinski definition) is 1. The van der Waals surface area contributed by atoms with E-state index in [2.05, 4.69) is 10.3 Å². The van der Waals surface area contributed by atoms with Crippen LogP contribution in [0.1, 0.15) is 28.9 Å². The molecule has 2 rings (SSSR count). The van der Waals surface area contributed by atoms with Gasteiger partial charge in [-0.05, 0) is 30.7 Å². The SMILES string of the molecule is CC(NC(=O)c1cccnc1S(=O)(=O)C(F)(F)F)c1ccccc1Cl. The van der Waals surface area contributed by atoms with E-state index in [0.717, 1.165) is 12.3 Å². The highest BCUT2D eigenvalue weighted by atomic mass is 35.5. The summed E-state index contributed by atoms with van der Waals surface area (Å²) in [6.45, 7) is 1.56. The summed E-state index contributed by atoms with van der Waals surface area (Å²) in [5.74, 6) is -1.01. The van der Waals surface area contributed by atoms with Crippen LogP contribution in [-0.4, -0.2) is 24.8 Å². The summed E-state index contributed by atoms with van der Waals surface area (Å²) in [7, 11) is -5.76. The van der Waals surface area contributed by atoms with Crippen LogP contribution >= 0.6 is 11.6 Å². The summed E-state index contributed by atoms with van der Waals surface area (Å²) in [4.78, 5) is 15.5. The third-order valence-corrected chi connectivity index (χ3v) is 5.08. The van der Waals surface area contributed by atoms with E-state index in [9.17, 15) is 26.4 Å². The van der Waals surface area contributed by atoms with Crippen LogP contribution in [0.2, 0.25) is 5.02 Å². The average molecular weight is 393 g/mol. The van der Waals surface area contributed by atoms with Crippen LogP contribution in [0, 0.1) is 0 Å². The van der Waals surface area contributed by atoms with Gasteiger partial charge in [-0.15, -0.1) is 0 Å². The van der Waals surface area contributed by atoms with Gasteiger partial charge < -0.3 is 5.32 Å². The molecule has 0 fully saturated rings. The van der Waals surface area contributed by atoms with Crippen LogP contribution in [0.5, 0.6) is 0 Å². The molecule has 10 heteroatoms. The van der Waals surface area contributed by atoms with Crippen molar-refractivity contribution >= 4 is 27.3 Å². The summed E-state index contributed by atoms with van der Waals surface area (Å²) >= 11 is 6.00. The Morgan fingerprint density at radius 2 is 1.84 bits per heavy atom. The molecule has 0 aliphatic carbocycles. The standard InChI is InChI=1S/C15H12ClF3N2O3S/c1-9(10-5-2-3-7-12(10)16)21-13(22)11-6-4-8-20-14(11)25(23,24)15(17,18)19/h2-9H,1H3,(H,21,22). The van der Waals surface area contributed by atoms with Crippen LogP contribution in [0.3, 0.4) is 0 Å². The predicted octanol–water partition coefficient (Wildman–Crippen LogP) is 3.52. The summed E-state index contributed by atoms with van der Waals surface area (Å²) in [5, 5.41) is 1.43. The second kappa shape index (κ2) is 7.01. The monoisotopic (exact) mass is 392 g/mol. The minimum Gasteiger partial charge on any atom is -0.345 e. The Labute approximate surface area is 146 Å². The predicted molar refractivity (Wildman–Crippen MR) is 84.8 cm³/mol. The highest BCUT2D eigenvalue weighted by Gasteiger charge is 2.49. The molecule has 1 aromatic heterocycles. The molecule has 0 aliphatic rings. The number of benzene rings is 1. The highest BCUT2D eigenvalue weighted by molar-refractivity contribution is 7.92. The van der Waals surface area contributed by atoms with Crippen LogP contribution < -0.4 is 5.32 Å². The van der Waals surface area contributed by atoms with E-state index in [4.69, 9.17) is 11.6 Å². The van der Waals surface area contributed by atoms with Crippen molar-refractivity contribution in [2.75, 3.05) is 0 Å². The van der Waals surface area contributed by atoms with E-state index < -0.39 is 37.9 Å². The summed E-state index contributed by atoms with van der Waals surface area (Å²) in [6.07, 6.45) is 0.868. The largest absolute Gasteiger partial charge is 0.503 e. The number of pyridine rings is 1. The number of alkyl halides is 3. The van der Waals surface area contributed by atoms with Crippen LogP contribution in [0.4, 0.5) is 13.2 Å². The van der Waals surface area contributed by atoms with Crippen LogP contribution in [0.15, 0.2) is 47.6 Å². The van der Waals surface area contributed by atoms with E-state index in [0.29, 0.717) is 10.6 Å². The maximum Gasteiger partial charge on any atom is 0.503 e. The summed E-state index contributed by atoms with van der Waals surface area (Å²) in [6, 6.07) is 8.03. The van der Waals surface area contributed by atoms with E-state index in [-0.39, 0.29) is 0 Å². The molecular formula is C15H12ClF3N2O3S. The summed E-state index contributed by atoms with van der Waals surface area (Å²) < 4.78 is 61.5. The lowest BCUT2D eigenvalue weighted by molar-refractivity contribution is -0.0438. The van der Waals surface area contributed by atoms with Crippen molar-refractivity contribution in [3.05, 3.63) is 58.7 Å². The van der Waals surface area contributed by atoms with Crippen LogP contribution in [-0.2, 0) is 9.84 Å². The van der Waals surface area contributed by atoms with Crippen molar-refractivity contribution in [3.63, 3.8) is 0 Å². The zero-order chi connectivity index (χ0) is 18.8. The molecule has 0 saturated heterocycles. The van der Waals surface area contributed by atoms with Crippen molar-refractivity contribution in [1.29, 1.82) is 0 Å². The Kier molecular flexibility index (Phi) is 5.38. The molecule has 0 spiro atoms. The van der Waals surface area contributed by atoms with Crippen molar-refractivity contribution in [2.24, 2.45) is 0 Å². The van der Waals surface area contributed by atoms with E-state index in [1.54, 1.807) is 31.2 Å². The number of nitrogens with one attached hydrogen (secondary N) is 1. The molecule has 1 amide bonds. The lowest BCUT2D eigenvalue weighted by Gasteiger charge is -2.17. The lowest BCUT2D eigenvalue weighted by atomic mass is 10.1. The Morgan fingerprint density at radius 3 is 2.44 bits per heavy atom. The topological polar surface area (TPSA) is 76.1 Å². The Morgan fingerprint density at radius 1 is 1.20 bits per heavy atom. The molecule has 0 radical (unpaired) electrons. The van der Waals surface area contributed by atoms with Gasteiger partial charge in [0.2, 0.25) is 0 Å². The molecule has 25 heavy (non-hydrogen) atoms. The molecular weight excluding hydrogens is 381 g/mol. The molecule has 1 N–H and O–H groups in total. The van der Waals surface area contributed by atoms with Gasteiger partial charge in [0, 0.05) is 11.2 Å². The fraction of sp³-hybridized carbons (Fsp3) is 0.200. The van der Waals surface area contributed by atoms with Gasteiger partial charge in [-0.2, -0.15) is 13.2 Å². The zero-order valence-corrected chi connectivity index (χ0v) is 14.3. The Hall–Kier alpha value is -2.13. The van der Waals surface area contributed by atoms with Gasteiger partial charge in [-0.1, -0.05) is 29.8 Å². The first-order valence-corrected chi connectivity index (χ1v) is 8.73. The molecule has 1 aromatic carbocycles. The van der Waals surface area contributed by atoms with Crippen LogP contribution in [0.25, 0.3) is 0 Å². The smallest absolute Gasteiger partial charge is 0.345 e. The molecule has 0 bridgehead atoms. The van der Waals surface area contributed by atoms with Gasteiger partial charge in [0.15, 0.2) is 5.03 Å². The number of carbonyl (C=O) groups excluding carboxylic acids is 1. The van der Waals surface area contributed by atoms with Crippen molar-refractivity contribution in [3.8, 4) is 0 Å². The number of sulfone groups is 1. The molecule has 1 unspecified atom stereocenters. The Bertz CT molecular complexity index is 901. The van der Waals surface area contributed by atoms with E-state index >= 15 is 0 Å². The fourth-order valence-electron chi connectivity index (χ4n) is 2.07. The third kappa shape index (κ3) is 3.93. The average Bonchev–Trinajstić information content (AvgIpc) is 2.54. The van der Waals surface area contributed by atoms with Crippen molar-refractivity contribution in [2.45, 2.75) is 23.5 Å². The minimum atomic E-state index is -5.76. The van der Waals surface area contributed by atoms with Gasteiger partial charge in [0.1, 0.15) is 0 Å². The zero-order valence-electron chi connectivity index (χ0n) is 12.7. The van der Waals surface area contributed by atoms with Gasteiger partial charge >= 0.3 is 5.51 Å². The Balaban J connectivity index is 2.37. The first-order chi connectivity index (χ1) is 11.6. The first-order valence-electron chi connectivity index (χ1n) is 6.87. The van der Waals surface area contributed by atoms with Gasteiger partial charge in [0.25, 0.3) is 15.7 Å². The number of hydrogen-bond acceptors (Lipinski definition) is 4. The molecule has 5 nitrogen and oxygen atoms in total. The normalized spacial score (nSPS) is 13.3. The number of carbonyl (C=O) groups is 1. The lowest BCUT2D eigenvalue weighted by Crippen LogP contribution is -2.31. The quantitative estimate of drug-likeness (QED) is 0.863. The third-order valence-electron chi connectivity index (χ3n) is 3.29. The van der Waals surface area contributed by atoms with Crippen molar-refractivity contribution in [1.82, 2.24) is 10.3 Å². The molecule has 1 heterocycles. The van der Waals surface area contributed by atoms with Crippen molar-refractivity contribution < 1.29 is 26.4 Å². The second-order valence-electron chi connectivity index (χ2n) is 5.02. The molecule has 2 aromatic rings. The molecule has 0 saturated carbocycles. The maximum absolute atomic E-state index is 12.8. The number of halogens is 4. The number of aromatic nitrogens is 1. The molecule has 1 atom stereocenters. The highest BCUT2D eigenvalue weighted by Crippen LogP contribution is 2.31. The fourth-order valence-corrected chi connectivity index (χ4v) is 3.23. The second-order valence-corrected chi connectivity index (χ2v) is 7.29. The summed E-state index contributed by atoms with van der Waals surface area (Å²) in [5.41, 5.74) is -5.73. The first kappa shape index (κ1) is 19.2. The van der Waals surface area contributed by atoms with Gasteiger partial charge in [-0.25, -0.2) is 13.4 Å². The number of amides is 1. The number of rotatable bonds is 4. The maximum atomic E-state index is 12.8. The minimum absolute atomic E-state index is 0.352. The van der Waals surface area contributed by atoms with E-state index in [1.807, 2.05) is 0 Å². The number of nitrogens with zero attached hydrogens (tertiary/aromatic N) is 1. The molecule has 134 valence electrons. The van der Waals surface area contributed by atoms with Gasteiger partial charge in [0.05, 0.1) is 11.6 Å². The van der Waals surface area contributed by atoms with E-state index in [1.165, 1.54) is 6.07 Å².